The average molecular weight is 236 g/mol. The fraction of sp³-hybridized carbons (Fsp3) is 0.462. The molecule has 4 heteroatoms. The Kier molecular flexibility index (Phi) is 3.17. The van der Waals surface area contributed by atoms with Crippen LogP contribution in [0, 0.1) is 0 Å². The quantitative estimate of drug-likeness (QED) is 0.795. The smallest absolute Gasteiger partial charge is 0.314 e. The van der Waals surface area contributed by atoms with Crippen molar-refractivity contribution in [1.29, 1.82) is 0 Å². The summed E-state index contributed by atoms with van der Waals surface area (Å²) in [5.74, 6) is -0.768. The van der Waals surface area contributed by atoms with Crippen molar-refractivity contribution in [3.63, 3.8) is 0 Å². The average Bonchev–Trinajstić information content (AvgIpc) is 3.12. The summed E-state index contributed by atoms with van der Waals surface area (Å²) in [5.41, 5.74) is 0.880. The van der Waals surface area contributed by atoms with E-state index in [1.54, 1.807) is 14.2 Å². The molecule has 1 fully saturated rings. The number of carbonyl (C=O) groups is 1. The molecule has 92 valence electrons. The summed E-state index contributed by atoms with van der Waals surface area (Å²) in [6.07, 6.45) is 0.849. The number of hydrogen-bond donors (Lipinski definition) is 1. The van der Waals surface area contributed by atoms with Crippen LogP contribution in [0.25, 0.3) is 0 Å². The maximum atomic E-state index is 11.4. The molecule has 0 atom stereocenters. The molecule has 1 saturated carbocycles. The summed E-state index contributed by atoms with van der Waals surface area (Å²) in [4.78, 5) is 11.4. The van der Waals surface area contributed by atoms with Gasteiger partial charge in [-0.25, -0.2) is 0 Å². The first kappa shape index (κ1) is 12.1. The molecule has 4 nitrogen and oxygen atoms in total. The molecule has 0 aromatic heterocycles. The normalized spacial score (nSPS) is 17.1. The number of rotatable bonds is 5. The Labute approximate surface area is 100 Å². The van der Waals surface area contributed by atoms with Gasteiger partial charge in [0, 0.05) is 19.8 Å². The Morgan fingerprint density at radius 3 is 2.35 bits per heavy atom. The summed E-state index contributed by atoms with van der Waals surface area (Å²) in [5, 5.41) is 9.33. The van der Waals surface area contributed by atoms with Gasteiger partial charge in [0.15, 0.2) is 6.29 Å². The zero-order valence-electron chi connectivity index (χ0n) is 9.97. The second-order valence-corrected chi connectivity index (χ2v) is 4.28. The largest absolute Gasteiger partial charge is 0.481 e. The lowest BCUT2D eigenvalue weighted by Crippen LogP contribution is -2.22. The van der Waals surface area contributed by atoms with E-state index < -0.39 is 17.7 Å². The number of aliphatic carboxylic acids is 1. The highest BCUT2D eigenvalue weighted by atomic mass is 16.7. The van der Waals surface area contributed by atoms with E-state index in [0.717, 1.165) is 11.1 Å². The topological polar surface area (TPSA) is 55.8 Å². The van der Waals surface area contributed by atoms with Crippen LogP contribution in [0.3, 0.4) is 0 Å². The molecule has 1 N–H and O–H groups in total. The zero-order chi connectivity index (χ0) is 12.5. The van der Waals surface area contributed by atoms with Crippen LogP contribution in [0.1, 0.15) is 30.3 Å². The summed E-state index contributed by atoms with van der Waals surface area (Å²) in [7, 11) is 3.09. The molecule has 0 amide bonds. The molecule has 0 aliphatic heterocycles. The predicted molar refractivity (Wildman–Crippen MR) is 61.7 cm³/mol. The minimum Gasteiger partial charge on any atom is -0.481 e. The lowest BCUT2D eigenvalue weighted by molar-refractivity contribution is -0.140. The predicted octanol–water partition coefficient (Wildman–Crippen LogP) is 2.09. The monoisotopic (exact) mass is 236 g/mol. The van der Waals surface area contributed by atoms with Gasteiger partial charge < -0.3 is 14.6 Å². The minimum absolute atomic E-state index is 0.511. The lowest BCUT2D eigenvalue weighted by atomic mass is 9.91. The van der Waals surface area contributed by atoms with Gasteiger partial charge in [0.2, 0.25) is 0 Å². The molecule has 0 unspecified atom stereocenters. The van der Waals surface area contributed by atoms with E-state index in [9.17, 15) is 9.90 Å². The van der Waals surface area contributed by atoms with Crippen LogP contribution >= 0.6 is 0 Å². The Hall–Kier alpha value is -1.39. The third-order valence-corrected chi connectivity index (χ3v) is 3.32. The van der Waals surface area contributed by atoms with E-state index in [-0.39, 0.29) is 0 Å². The molecule has 1 aliphatic rings. The Bertz CT molecular complexity index is 419. The van der Waals surface area contributed by atoms with Crippen LogP contribution in [-0.4, -0.2) is 25.3 Å². The van der Waals surface area contributed by atoms with Crippen molar-refractivity contribution in [3.05, 3.63) is 35.4 Å². The zero-order valence-corrected chi connectivity index (χ0v) is 9.97. The molecule has 1 aromatic carbocycles. The van der Waals surface area contributed by atoms with Crippen molar-refractivity contribution >= 4 is 5.97 Å². The van der Waals surface area contributed by atoms with E-state index >= 15 is 0 Å². The third-order valence-electron chi connectivity index (χ3n) is 3.32. The van der Waals surface area contributed by atoms with Crippen LogP contribution in [0.2, 0.25) is 0 Å². The van der Waals surface area contributed by atoms with Crippen molar-refractivity contribution in [3.8, 4) is 0 Å². The molecule has 0 spiro atoms. The number of hydrogen-bond acceptors (Lipinski definition) is 3. The molecule has 0 heterocycles. The van der Waals surface area contributed by atoms with Crippen molar-refractivity contribution in [2.75, 3.05) is 14.2 Å². The number of ether oxygens (including phenoxy) is 2. The van der Waals surface area contributed by atoms with Gasteiger partial charge in [-0.1, -0.05) is 24.3 Å². The second-order valence-electron chi connectivity index (χ2n) is 4.28. The van der Waals surface area contributed by atoms with E-state index in [0.29, 0.717) is 12.8 Å². The fourth-order valence-electron chi connectivity index (χ4n) is 2.21. The summed E-state index contributed by atoms with van der Waals surface area (Å²) in [6, 6.07) is 7.42. The van der Waals surface area contributed by atoms with E-state index in [4.69, 9.17) is 9.47 Å². The number of benzene rings is 1. The fourth-order valence-corrected chi connectivity index (χ4v) is 2.21. The first-order valence-corrected chi connectivity index (χ1v) is 5.54. The molecule has 17 heavy (non-hydrogen) atoms. The van der Waals surface area contributed by atoms with Gasteiger partial charge in [0.25, 0.3) is 0 Å². The third kappa shape index (κ3) is 1.94. The van der Waals surface area contributed by atoms with Crippen LogP contribution in [0.5, 0.6) is 0 Å². The molecule has 1 aromatic rings. The van der Waals surface area contributed by atoms with Crippen molar-refractivity contribution in [2.45, 2.75) is 24.5 Å². The standard InChI is InChI=1S/C13H16O4/c1-16-11(17-2)9-5-3-4-6-10(9)13(7-8-13)12(14)15/h3-6,11H,7-8H2,1-2H3,(H,14,15). The SMILES string of the molecule is COC(OC)c1ccccc1C1(C(=O)O)CC1. The lowest BCUT2D eigenvalue weighted by Gasteiger charge is -2.21. The van der Waals surface area contributed by atoms with E-state index in [2.05, 4.69) is 0 Å². The molecule has 0 radical (unpaired) electrons. The molecular weight excluding hydrogens is 220 g/mol. The van der Waals surface area contributed by atoms with Crippen molar-refractivity contribution in [2.24, 2.45) is 0 Å². The number of methoxy groups -OCH3 is 2. The molecular formula is C13H16O4. The second kappa shape index (κ2) is 4.47. The van der Waals surface area contributed by atoms with Crippen molar-refractivity contribution < 1.29 is 19.4 Å². The molecule has 0 saturated heterocycles. The first-order chi connectivity index (χ1) is 8.15. The highest BCUT2D eigenvalue weighted by Gasteiger charge is 2.53. The maximum absolute atomic E-state index is 11.4. The molecule has 0 bridgehead atoms. The van der Waals surface area contributed by atoms with Gasteiger partial charge in [-0.3, -0.25) is 4.79 Å². The summed E-state index contributed by atoms with van der Waals surface area (Å²) < 4.78 is 10.4. The van der Waals surface area contributed by atoms with Gasteiger partial charge in [0.05, 0.1) is 5.41 Å². The van der Waals surface area contributed by atoms with Gasteiger partial charge in [0.1, 0.15) is 0 Å². The van der Waals surface area contributed by atoms with Gasteiger partial charge in [-0.05, 0) is 18.4 Å². The maximum Gasteiger partial charge on any atom is 0.314 e. The van der Waals surface area contributed by atoms with E-state index in [1.807, 2.05) is 24.3 Å². The Morgan fingerprint density at radius 2 is 1.88 bits per heavy atom. The Morgan fingerprint density at radius 1 is 1.29 bits per heavy atom. The van der Waals surface area contributed by atoms with Crippen LogP contribution in [-0.2, 0) is 19.7 Å². The first-order valence-electron chi connectivity index (χ1n) is 5.54. The van der Waals surface area contributed by atoms with Crippen molar-refractivity contribution in [1.82, 2.24) is 0 Å². The number of carboxylic acids is 1. The van der Waals surface area contributed by atoms with Crippen LogP contribution in [0.15, 0.2) is 24.3 Å². The van der Waals surface area contributed by atoms with Gasteiger partial charge in [-0.2, -0.15) is 0 Å². The van der Waals surface area contributed by atoms with Crippen LogP contribution in [0.4, 0.5) is 0 Å². The van der Waals surface area contributed by atoms with Gasteiger partial charge in [-0.15, -0.1) is 0 Å². The van der Waals surface area contributed by atoms with Gasteiger partial charge >= 0.3 is 5.97 Å². The highest BCUT2D eigenvalue weighted by molar-refractivity contribution is 5.85. The molecule has 1 aliphatic carbocycles. The Balaban J connectivity index is 2.44. The molecule has 2 rings (SSSR count). The minimum atomic E-state index is -0.768. The summed E-state index contributed by atoms with van der Waals surface area (Å²) in [6.45, 7) is 0. The highest BCUT2D eigenvalue weighted by Crippen LogP contribution is 2.50. The van der Waals surface area contributed by atoms with Crippen LogP contribution < -0.4 is 0 Å². The van der Waals surface area contributed by atoms with E-state index in [1.165, 1.54) is 0 Å². The number of carboxylic acid groups (broad SMARTS) is 1. The summed E-state index contributed by atoms with van der Waals surface area (Å²) >= 11 is 0.